The number of hydrogen-bond acceptors (Lipinski definition) is 6. The molecule has 0 aromatic carbocycles. The van der Waals surface area contributed by atoms with Gasteiger partial charge in [0.05, 0.1) is 0 Å². The maximum Gasteiger partial charge on any atom is 0.249 e. The Kier molecular flexibility index (Phi) is 27.6. The van der Waals surface area contributed by atoms with Crippen molar-refractivity contribution in [1.29, 1.82) is 0 Å². The fourth-order valence-corrected chi connectivity index (χ4v) is 5.21. The third kappa shape index (κ3) is 26.0. The van der Waals surface area contributed by atoms with E-state index in [9.17, 15) is 19.5 Å². The molecule has 0 aliphatic heterocycles. The van der Waals surface area contributed by atoms with Gasteiger partial charge in [0.25, 0.3) is 0 Å². The number of carbonyl (C=O) groups excluding carboxylic acids is 3. The van der Waals surface area contributed by atoms with Gasteiger partial charge in [-0.2, -0.15) is 0 Å². The molecule has 0 bridgehead atoms. The fraction of sp³-hybridized carbons (Fsp3) is 0.571. The number of carbonyl (C=O) groups is 3. The van der Waals surface area contributed by atoms with Crippen LogP contribution in [0.2, 0.25) is 0 Å². The average molecular weight is 648 g/mol. The molecule has 0 saturated carbocycles. The largest absolute Gasteiger partial charge is 0.383 e. The van der Waals surface area contributed by atoms with E-state index in [2.05, 4.69) is 83.6 Å². The molecule has 1 unspecified atom stereocenters. The van der Waals surface area contributed by atoms with Gasteiger partial charge in [0.2, 0.25) is 17.7 Å². The second-order valence-electron chi connectivity index (χ2n) is 10.7. The summed E-state index contributed by atoms with van der Waals surface area (Å²) < 4.78 is 0. The smallest absolute Gasteiger partial charge is 0.249 e. The van der Waals surface area contributed by atoms with Crippen LogP contribution in [0.5, 0.6) is 0 Å². The number of rotatable bonds is 26. The van der Waals surface area contributed by atoms with Crippen molar-refractivity contribution < 1.29 is 19.5 Å². The Hall–Kier alpha value is -2.49. The summed E-state index contributed by atoms with van der Waals surface area (Å²) in [6, 6.07) is 0. The van der Waals surface area contributed by atoms with Crippen molar-refractivity contribution in [1.82, 2.24) is 16.0 Å². The van der Waals surface area contributed by atoms with Crippen molar-refractivity contribution in [3.63, 3.8) is 0 Å². The van der Waals surface area contributed by atoms with Crippen LogP contribution >= 0.6 is 21.6 Å². The lowest BCUT2D eigenvalue weighted by molar-refractivity contribution is -0.135. The Balaban J connectivity index is 3.65. The minimum Gasteiger partial charge on any atom is -0.383 e. The molecule has 9 heteroatoms. The Morgan fingerprint density at radius 2 is 1.07 bits per heavy atom. The van der Waals surface area contributed by atoms with E-state index in [0.29, 0.717) is 25.9 Å². The molecule has 0 radical (unpaired) electrons. The predicted molar refractivity (Wildman–Crippen MR) is 191 cm³/mol. The number of aliphatic hydroxyl groups excluding tert-OH is 1. The molecule has 248 valence electrons. The van der Waals surface area contributed by atoms with Crippen molar-refractivity contribution in [2.24, 2.45) is 5.41 Å². The van der Waals surface area contributed by atoms with E-state index < -0.39 is 17.4 Å². The summed E-state index contributed by atoms with van der Waals surface area (Å²) in [6.07, 6.45) is 31.6. The zero-order valence-corrected chi connectivity index (χ0v) is 29.0. The molecule has 0 saturated heterocycles. The van der Waals surface area contributed by atoms with E-state index >= 15 is 0 Å². The Morgan fingerprint density at radius 1 is 0.636 bits per heavy atom. The standard InChI is InChI=1S/C35H57N3O4S2/c1-5-7-8-9-10-11-12-13-14-15-16-17-18-19-20-21-22-23-24-31(39)36-27-29-43-44-30-28-37-32(40)25-26-38-34(42)33(41)35(3,4)6-2/h7-8,10-11,13-14,16-17,19-20,22-23,33,41H,5-6,9,12,15,18,21,24-30H2,1-4H3,(H,36,39)(H,37,40)(H,38,42). The van der Waals surface area contributed by atoms with E-state index in [4.69, 9.17) is 0 Å². The van der Waals surface area contributed by atoms with Crippen molar-refractivity contribution in [2.45, 2.75) is 91.6 Å². The maximum atomic E-state index is 12.0. The fourth-order valence-electron chi connectivity index (χ4n) is 3.40. The van der Waals surface area contributed by atoms with Gasteiger partial charge in [-0.05, 0) is 50.4 Å². The van der Waals surface area contributed by atoms with Gasteiger partial charge in [0, 0.05) is 44.0 Å². The van der Waals surface area contributed by atoms with Crippen LogP contribution in [0.25, 0.3) is 0 Å². The lowest BCUT2D eigenvalue weighted by Gasteiger charge is -2.28. The first-order valence-electron chi connectivity index (χ1n) is 15.9. The van der Waals surface area contributed by atoms with Gasteiger partial charge in [-0.25, -0.2) is 0 Å². The quantitative estimate of drug-likeness (QED) is 0.0458. The molecule has 0 aromatic heterocycles. The maximum absolute atomic E-state index is 12.0. The van der Waals surface area contributed by atoms with E-state index in [1.165, 1.54) is 0 Å². The van der Waals surface area contributed by atoms with Crippen LogP contribution in [0.1, 0.15) is 85.5 Å². The first kappa shape index (κ1) is 41.5. The van der Waals surface area contributed by atoms with Crippen molar-refractivity contribution in [3.05, 3.63) is 72.9 Å². The molecular formula is C35H57N3O4S2. The second kappa shape index (κ2) is 29.2. The summed E-state index contributed by atoms with van der Waals surface area (Å²) in [5, 5.41) is 18.4. The molecule has 7 nitrogen and oxygen atoms in total. The summed E-state index contributed by atoms with van der Waals surface area (Å²) in [6.45, 7) is 9.07. The summed E-state index contributed by atoms with van der Waals surface area (Å²) in [7, 11) is 3.29. The van der Waals surface area contributed by atoms with Gasteiger partial charge in [0.1, 0.15) is 6.10 Å². The van der Waals surface area contributed by atoms with Crippen LogP contribution < -0.4 is 16.0 Å². The summed E-state index contributed by atoms with van der Waals surface area (Å²) >= 11 is 0. The molecule has 0 aromatic rings. The molecule has 0 rings (SSSR count). The van der Waals surface area contributed by atoms with Crippen molar-refractivity contribution >= 4 is 39.3 Å². The van der Waals surface area contributed by atoms with E-state index in [0.717, 1.165) is 50.0 Å². The lowest BCUT2D eigenvalue weighted by Crippen LogP contribution is -2.44. The molecule has 0 spiro atoms. The highest BCUT2D eigenvalue weighted by atomic mass is 33.1. The van der Waals surface area contributed by atoms with Crippen LogP contribution in [0.3, 0.4) is 0 Å². The first-order chi connectivity index (χ1) is 21.2. The van der Waals surface area contributed by atoms with Gasteiger partial charge in [0.15, 0.2) is 0 Å². The zero-order chi connectivity index (χ0) is 32.7. The van der Waals surface area contributed by atoms with E-state index in [1.807, 2.05) is 32.9 Å². The molecule has 0 fully saturated rings. The third-order valence-corrected chi connectivity index (χ3v) is 8.96. The number of allylic oxidation sites excluding steroid dienone is 11. The lowest BCUT2D eigenvalue weighted by atomic mass is 9.83. The highest BCUT2D eigenvalue weighted by Crippen LogP contribution is 2.24. The first-order valence-corrected chi connectivity index (χ1v) is 18.4. The summed E-state index contributed by atoms with van der Waals surface area (Å²) in [5.41, 5.74) is -0.501. The highest BCUT2D eigenvalue weighted by Gasteiger charge is 2.31. The Labute approximate surface area is 275 Å². The van der Waals surface area contributed by atoms with Crippen LogP contribution in [-0.4, -0.2) is 60.1 Å². The van der Waals surface area contributed by atoms with Gasteiger partial charge < -0.3 is 21.1 Å². The number of nitrogens with one attached hydrogen (secondary N) is 3. The minimum atomic E-state index is -1.09. The average Bonchev–Trinajstić information content (AvgIpc) is 3.01. The number of hydrogen-bond donors (Lipinski definition) is 4. The van der Waals surface area contributed by atoms with Crippen LogP contribution in [0.15, 0.2) is 72.9 Å². The minimum absolute atomic E-state index is 0.0146. The van der Waals surface area contributed by atoms with Crippen molar-refractivity contribution in [2.75, 3.05) is 31.1 Å². The highest BCUT2D eigenvalue weighted by molar-refractivity contribution is 8.76. The molecule has 4 N–H and O–H groups in total. The summed E-state index contributed by atoms with van der Waals surface area (Å²) in [5.74, 6) is 0.971. The summed E-state index contributed by atoms with van der Waals surface area (Å²) in [4.78, 5) is 35.9. The normalized spacial score (nSPS) is 13.3. The predicted octanol–water partition coefficient (Wildman–Crippen LogP) is 6.99. The zero-order valence-electron chi connectivity index (χ0n) is 27.4. The molecule has 3 amide bonds. The third-order valence-electron chi connectivity index (χ3n) is 6.55. The van der Waals surface area contributed by atoms with E-state index in [-0.39, 0.29) is 24.8 Å². The molecule has 0 aliphatic rings. The molecule has 0 heterocycles. The van der Waals surface area contributed by atoms with Gasteiger partial charge in [-0.3, -0.25) is 14.4 Å². The number of amides is 3. The molecule has 44 heavy (non-hydrogen) atoms. The van der Waals surface area contributed by atoms with Crippen LogP contribution in [0.4, 0.5) is 0 Å². The van der Waals surface area contributed by atoms with E-state index in [1.54, 1.807) is 21.6 Å². The molecule has 0 aliphatic carbocycles. The molecular weight excluding hydrogens is 591 g/mol. The Bertz CT molecular complexity index is 956. The second-order valence-corrected chi connectivity index (χ2v) is 13.5. The van der Waals surface area contributed by atoms with Crippen molar-refractivity contribution in [3.8, 4) is 0 Å². The SMILES string of the molecule is CCC=CCC=CCC=CCC=CCC=CCC=CCC(=O)NCCSSCCNC(=O)CCNC(=O)C(O)C(C)(C)CC. The van der Waals surface area contributed by atoms with Gasteiger partial charge >= 0.3 is 0 Å². The topological polar surface area (TPSA) is 108 Å². The van der Waals surface area contributed by atoms with Crippen LogP contribution in [0, 0.1) is 5.41 Å². The van der Waals surface area contributed by atoms with Gasteiger partial charge in [-0.1, -0.05) is 122 Å². The molecule has 1 atom stereocenters. The monoisotopic (exact) mass is 647 g/mol. The van der Waals surface area contributed by atoms with Gasteiger partial charge in [-0.15, -0.1) is 0 Å². The number of aliphatic hydroxyl groups is 1. The van der Waals surface area contributed by atoms with Crippen LogP contribution in [-0.2, 0) is 14.4 Å². The Morgan fingerprint density at radius 3 is 1.52 bits per heavy atom.